The van der Waals surface area contributed by atoms with Crippen LogP contribution < -0.4 is 0 Å². The van der Waals surface area contributed by atoms with Crippen LogP contribution in [0.1, 0.15) is 13.8 Å². The molecule has 0 N–H and O–H groups in total. The van der Waals surface area contributed by atoms with E-state index in [9.17, 15) is 14.4 Å². The number of allylic oxidation sites excluding steroid dienone is 1. The predicted octanol–water partition coefficient (Wildman–Crippen LogP) is 0.730. The SMILES string of the molecule is COC(=O)C1C(=O)C=C(C)C(C(=O)OC)C1C. The van der Waals surface area contributed by atoms with Crippen molar-refractivity contribution in [2.75, 3.05) is 14.2 Å². The average molecular weight is 240 g/mol. The van der Waals surface area contributed by atoms with Gasteiger partial charge in [0.2, 0.25) is 0 Å². The maximum absolute atomic E-state index is 11.7. The molecule has 0 amide bonds. The lowest BCUT2D eigenvalue weighted by Gasteiger charge is -2.30. The summed E-state index contributed by atoms with van der Waals surface area (Å²) in [5, 5.41) is 0. The molecule has 0 saturated carbocycles. The minimum Gasteiger partial charge on any atom is -0.469 e. The van der Waals surface area contributed by atoms with E-state index < -0.39 is 29.7 Å². The van der Waals surface area contributed by atoms with Crippen molar-refractivity contribution in [3.8, 4) is 0 Å². The van der Waals surface area contributed by atoms with E-state index in [0.29, 0.717) is 5.57 Å². The third kappa shape index (κ3) is 2.38. The Morgan fingerprint density at radius 1 is 1.12 bits per heavy atom. The van der Waals surface area contributed by atoms with Crippen LogP contribution in [0, 0.1) is 17.8 Å². The molecule has 94 valence electrons. The molecular formula is C12H16O5. The number of carbonyl (C=O) groups excluding carboxylic acids is 3. The van der Waals surface area contributed by atoms with Crippen LogP contribution >= 0.6 is 0 Å². The van der Waals surface area contributed by atoms with E-state index in [1.807, 2.05) is 0 Å². The summed E-state index contributed by atoms with van der Waals surface area (Å²) in [5.74, 6) is -3.31. The van der Waals surface area contributed by atoms with Crippen LogP contribution in [0.15, 0.2) is 11.6 Å². The lowest BCUT2D eigenvalue weighted by atomic mass is 9.72. The molecule has 0 heterocycles. The van der Waals surface area contributed by atoms with Gasteiger partial charge in [-0.25, -0.2) is 0 Å². The summed E-state index contributed by atoms with van der Waals surface area (Å²) >= 11 is 0. The molecule has 0 aliphatic heterocycles. The highest BCUT2D eigenvalue weighted by atomic mass is 16.5. The van der Waals surface area contributed by atoms with E-state index in [4.69, 9.17) is 0 Å². The minimum absolute atomic E-state index is 0.318. The van der Waals surface area contributed by atoms with Crippen LogP contribution in [0.2, 0.25) is 0 Å². The minimum atomic E-state index is -0.923. The molecule has 0 saturated heterocycles. The number of rotatable bonds is 2. The number of hydrogen-bond donors (Lipinski definition) is 0. The molecule has 3 atom stereocenters. The Kier molecular flexibility index (Phi) is 4.04. The highest BCUT2D eigenvalue weighted by Crippen LogP contribution is 2.34. The number of hydrogen-bond acceptors (Lipinski definition) is 5. The zero-order valence-corrected chi connectivity index (χ0v) is 10.4. The zero-order valence-electron chi connectivity index (χ0n) is 10.4. The van der Waals surface area contributed by atoms with Crippen molar-refractivity contribution in [3.63, 3.8) is 0 Å². The van der Waals surface area contributed by atoms with Crippen molar-refractivity contribution in [2.24, 2.45) is 17.8 Å². The van der Waals surface area contributed by atoms with Gasteiger partial charge >= 0.3 is 11.9 Å². The molecule has 3 unspecified atom stereocenters. The van der Waals surface area contributed by atoms with Gasteiger partial charge in [-0.05, 0) is 18.9 Å². The topological polar surface area (TPSA) is 69.7 Å². The third-order valence-corrected chi connectivity index (χ3v) is 3.13. The fraction of sp³-hybridized carbons (Fsp3) is 0.583. The van der Waals surface area contributed by atoms with E-state index in [1.54, 1.807) is 13.8 Å². The number of carbonyl (C=O) groups is 3. The molecule has 0 spiro atoms. The van der Waals surface area contributed by atoms with Crippen molar-refractivity contribution in [3.05, 3.63) is 11.6 Å². The molecule has 5 nitrogen and oxygen atoms in total. The Balaban J connectivity index is 3.11. The molecule has 17 heavy (non-hydrogen) atoms. The van der Waals surface area contributed by atoms with Crippen molar-refractivity contribution in [1.29, 1.82) is 0 Å². The second-order valence-electron chi connectivity index (χ2n) is 4.15. The van der Waals surface area contributed by atoms with Gasteiger partial charge < -0.3 is 9.47 Å². The lowest BCUT2D eigenvalue weighted by Crippen LogP contribution is -2.41. The number of ether oxygens (including phenoxy) is 2. The first-order valence-electron chi connectivity index (χ1n) is 5.31. The molecule has 0 aromatic carbocycles. The molecule has 0 radical (unpaired) electrons. The molecule has 0 aromatic heterocycles. The number of methoxy groups -OCH3 is 2. The van der Waals surface area contributed by atoms with Crippen LogP contribution in [-0.2, 0) is 23.9 Å². The van der Waals surface area contributed by atoms with Gasteiger partial charge in [-0.2, -0.15) is 0 Å². The molecule has 5 heteroatoms. The van der Waals surface area contributed by atoms with Gasteiger partial charge in [0.15, 0.2) is 5.78 Å². The van der Waals surface area contributed by atoms with Crippen molar-refractivity contribution < 1.29 is 23.9 Å². The van der Waals surface area contributed by atoms with Crippen LogP contribution in [-0.4, -0.2) is 31.9 Å². The van der Waals surface area contributed by atoms with Crippen LogP contribution in [0.3, 0.4) is 0 Å². The smallest absolute Gasteiger partial charge is 0.316 e. The summed E-state index contributed by atoms with van der Waals surface area (Å²) in [4.78, 5) is 34.9. The van der Waals surface area contributed by atoms with Crippen molar-refractivity contribution in [1.82, 2.24) is 0 Å². The summed E-state index contributed by atoms with van der Waals surface area (Å²) in [6.07, 6.45) is 1.32. The second kappa shape index (κ2) is 5.12. The molecule has 1 aliphatic carbocycles. The molecule has 0 fully saturated rings. The molecule has 0 bridgehead atoms. The fourth-order valence-corrected chi connectivity index (χ4v) is 2.26. The summed E-state index contributed by atoms with van der Waals surface area (Å²) < 4.78 is 9.27. The summed E-state index contributed by atoms with van der Waals surface area (Å²) in [6.45, 7) is 3.36. The van der Waals surface area contributed by atoms with E-state index in [1.165, 1.54) is 20.3 Å². The Hall–Kier alpha value is -1.65. The summed E-state index contributed by atoms with van der Waals surface area (Å²) in [7, 11) is 2.51. The Bertz CT molecular complexity index is 382. The van der Waals surface area contributed by atoms with Gasteiger partial charge in [0, 0.05) is 0 Å². The first-order chi connectivity index (χ1) is 7.93. The van der Waals surface area contributed by atoms with Crippen LogP contribution in [0.25, 0.3) is 0 Å². The average Bonchev–Trinajstić information content (AvgIpc) is 2.27. The number of esters is 2. The highest BCUT2D eigenvalue weighted by Gasteiger charge is 2.43. The highest BCUT2D eigenvalue weighted by molar-refractivity contribution is 6.07. The normalized spacial score (nSPS) is 28.4. The van der Waals surface area contributed by atoms with Gasteiger partial charge in [-0.15, -0.1) is 0 Å². The summed E-state index contributed by atoms with van der Waals surface area (Å²) in [5.41, 5.74) is 0.620. The largest absolute Gasteiger partial charge is 0.469 e. The van der Waals surface area contributed by atoms with Crippen LogP contribution in [0.4, 0.5) is 0 Å². The Morgan fingerprint density at radius 2 is 1.59 bits per heavy atom. The van der Waals surface area contributed by atoms with Gasteiger partial charge in [-0.1, -0.05) is 12.5 Å². The van der Waals surface area contributed by atoms with E-state index >= 15 is 0 Å². The third-order valence-electron chi connectivity index (χ3n) is 3.13. The fourth-order valence-electron chi connectivity index (χ4n) is 2.26. The molecule has 0 aromatic rings. The van der Waals surface area contributed by atoms with Gasteiger partial charge in [0.1, 0.15) is 5.92 Å². The Morgan fingerprint density at radius 3 is 2.06 bits per heavy atom. The number of ketones is 1. The Labute approximate surface area is 99.8 Å². The maximum Gasteiger partial charge on any atom is 0.316 e. The van der Waals surface area contributed by atoms with Gasteiger partial charge in [0.05, 0.1) is 20.1 Å². The zero-order chi connectivity index (χ0) is 13.2. The standard InChI is InChI=1S/C12H16O5/c1-6-5-8(13)10(12(15)17-4)7(2)9(6)11(14)16-3/h5,7,9-10H,1-4H3. The van der Waals surface area contributed by atoms with E-state index in [0.717, 1.165) is 0 Å². The first-order valence-corrected chi connectivity index (χ1v) is 5.31. The van der Waals surface area contributed by atoms with Gasteiger partial charge in [-0.3, -0.25) is 14.4 Å². The van der Waals surface area contributed by atoms with E-state index in [-0.39, 0.29) is 5.78 Å². The second-order valence-corrected chi connectivity index (χ2v) is 4.15. The predicted molar refractivity (Wildman–Crippen MR) is 58.9 cm³/mol. The molecule has 1 rings (SSSR count). The lowest BCUT2D eigenvalue weighted by molar-refractivity contribution is -0.154. The van der Waals surface area contributed by atoms with Crippen molar-refractivity contribution >= 4 is 17.7 Å². The van der Waals surface area contributed by atoms with Crippen molar-refractivity contribution in [2.45, 2.75) is 13.8 Å². The van der Waals surface area contributed by atoms with E-state index in [2.05, 4.69) is 9.47 Å². The monoisotopic (exact) mass is 240 g/mol. The van der Waals surface area contributed by atoms with Gasteiger partial charge in [0.25, 0.3) is 0 Å². The molecule has 1 aliphatic rings. The first kappa shape index (κ1) is 13.4. The maximum atomic E-state index is 11.7. The molecular weight excluding hydrogens is 224 g/mol. The van der Waals surface area contributed by atoms with Crippen LogP contribution in [0.5, 0.6) is 0 Å². The summed E-state index contributed by atoms with van der Waals surface area (Å²) in [6, 6.07) is 0. The quantitative estimate of drug-likeness (QED) is 0.525.